The fourth-order valence-electron chi connectivity index (χ4n) is 1.54. The molecule has 0 unspecified atom stereocenters. The van der Waals surface area contributed by atoms with Crippen molar-refractivity contribution in [2.75, 3.05) is 40.1 Å². The van der Waals surface area contributed by atoms with Crippen LogP contribution < -0.4 is 4.74 Å². The predicted molar refractivity (Wildman–Crippen MR) is 77.9 cm³/mol. The molecule has 1 N–H and O–H groups in total. The van der Waals surface area contributed by atoms with Gasteiger partial charge < -0.3 is 19.3 Å². The molecule has 0 radical (unpaired) electrons. The van der Waals surface area contributed by atoms with Crippen molar-refractivity contribution in [1.29, 1.82) is 0 Å². The molecule has 0 heterocycles. The first-order valence-electron chi connectivity index (χ1n) is 6.67. The lowest BCUT2D eigenvalue weighted by Gasteiger charge is -2.08. The molecule has 1 rings (SSSR count). The van der Waals surface area contributed by atoms with Gasteiger partial charge in [-0.15, -0.1) is 0 Å². The van der Waals surface area contributed by atoms with Crippen LogP contribution in [-0.4, -0.2) is 45.3 Å². The Bertz CT molecular complexity index is 446. The van der Waals surface area contributed by atoms with E-state index < -0.39 is 0 Å². The van der Waals surface area contributed by atoms with Crippen LogP contribution in [0, 0.1) is 18.8 Å². The van der Waals surface area contributed by atoms with Crippen molar-refractivity contribution in [3.05, 3.63) is 29.3 Å². The van der Waals surface area contributed by atoms with Gasteiger partial charge in [0.15, 0.2) is 0 Å². The van der Waals surface area contributed by atoms with Crippen molar-refractivity contribution < 1.29 is 19.3 Å². The van der Waals surface area contributed by atoms with E-state index in [0.717, 1.165) is 16.9 Å². The summed E-state index contributed by atoms with van der Waals surface area (Å²) < 4.78 is 15.8. The van der Waals surface area contributed by atoms with Gasteiger partial charge in [0, 0.05) is 19.1 Å². The Labute approximate surface area is 120 Å². The third-order valence-corrected chi connectivity index (χ3v) is 2.59. The standard InChI is InChI=1S/C16H22O4/c1-14-13-16(20-12-11-19-10-9-18-2)7-6-15(14)5-3-4-8-17/h6-7,13,17H,4,8-12H2,1-2H3. The summed E-state index contributed by atoms with van der Waals surface area (Å²) in [6, 6.07) is 5.78. The maximum Gasteiger partial charge on any atom is 0.119 e. The third-order valence-electron chi connectivity index (χ3n) is 2.59. The van der Waals surface area contributed by atoms with Crippen molar-refractivity contribution in [3.63, 3.8) is 0 Å². The van der Waals surface area contributed by atoms with Crippen molar-refractivity contribution in [2.45, 2.75) is 13.3 Å². The number of methoxy groups -OCH3 is 1. The monoisotopic (exact) mass is 278 g/mol. The quantitative estimate of drug-likeness (QED) is 0.581. The molecular formula is C16H22O4. The highest BCUT2D eigenvalue weighted by atomic mass is 16.5. The number of ether oxygens (including phenoxy) is 3. The van der Waals surface area contributed by atoms with Crippen molar-refractivity contribution in [1.82, 2.24) is 0 Å². The van der Waals surface area contributed by atoms with E-state index in [-0.39, 0.29) is 6.61 Å². The minimum atomic E-state index is 0.0936. The van der Waals surface area contributed by atoms with Crippen LogP contribution in [0.15, 0.2) is 18.2 Å². The van der Waals surface area contributed by atoms with Crippen LogP contribution in [0.25, 0.3) is 0 Å². The first-order valence-corrected chi connectivity index (χ1v) is 6.67. The lowest BCUT2D eigenvalue weighted by Crippen LogP contribution is -2.10. The van der Waals surface area contributed by atoms with Gasteiger partial charge in [-0.1, -0.05) is 11.8 Å². The molecule has 4 heteroatoms. The van der Waals surface area contributed by atoms with Gasteiger partial charge in [0.25, 0.3) is 0 Å². The lowest BCUT2D eigenvalue weighted by atomic mass is 10.1. The van der Waals surface area contributed by atoms with E-state index in [1.165, 1.54) is 0 Å². The molecule has 0 spiro atoms. The Morgan fingerprint density at radius 3 is 2.65 bits per heavy atom. The molecule has 0 saturated carbocycles. The summed E-state index contributed by atoms with van der Waals surface area (Å²) in [6.45, 7) is 4.32. The molecule has 0 bridgehead atoms. The molecular weight excluding hydrogens is 256 g/mol. The van der Waals surface area contributed by atoms with Crippen LogP contribution in [0.2, 0.25) is 0 Å². The summed E-state index contributed by atoms with van der Waals surface area (Å²) in [5.41, 5.74) is 2.02. The van der Waals surface area contributed by atoms with E-state index in [1.54, 1.807) is 7.11 Å². The number of aryl methyl sites for hydroxylation is 1. The summed E-state index contributed by atoms with van der Waals surface area (Å²) in [7, 11) is 1.65. The van der Waals surface area contributed by atoms with Crippen LogP contribution in [0.3, 0.4) is 0 Å². The summed E-state index contributed by atoms with van der Waals surface area (Å²) in [4.78, 5) is 0. The van der Waals surface area contributed by atoms with Crippen molar-refractivity contribution in [3.8, 4) is 17.6 Å². The second-order valence-corrected chi connectivity index (χ2v) is 4.21. The minimum absolute atomic E-state index is 0.0936. The van der Waals surface area contributed by atoms with E-state index >= 15 is 0 Å². The molecule has 0 atom stereocenters. The van der Waals surface area contributed by atoms with E-state index in [2.05, 4.69) is 11.8 Å². The highest BCUT2D eigenvalue weighted by Gasteiger charge is 1.99. The smallest absolute Gasteiger partial charge is 0.119 e. The number of benzene rings is 1. The number of hydrogen-bond acceptors (Lipinski definition) is 4. The highest BCUT2D eigenvalue weighted by Crippen LogP contribution is 2.16. The summed E-state index contributed by atoms with van der Waals surface area (Å²) in [5.74, 6) is 6.75. The minimum Gasteiger partial charge on any atom is -0.491 e. The van der Waals surface area contributed by atoms with E-state index in [9.17, 15) is 0 Å². The topological polar surface area (TPSA) is 47.9 Å². The predicted octanol–water partition coefficient (Wildman–Crippen LogP) is 1.77. The lowest BCUT2D eigenvalue weighted by molar-refractivity contribution is 0.0544. The second-order valence-electron chi connectivity index (χ2n) is 4.21. The first kappa shape index (κ1) is 16.5. The van der Waals surface area contributed by atoms with Gasteiger partial charge in [0.2, 0.25) is 0 Å². The molecule has 0 aliphatic rings. The SMILES string of the molecule is COCCOCCOc1ccc(C#CCCO)c(C)c1. The molecule has 110 valence electrons. The Hall–Kier alpha value is -1.54. The molecule has 1 aromatic rings. The zero-order chi connectivity index (χ0) is 14.6. The Morgan fingerprint density at radius 1 is 1.15 bits per heavy atom. The van der Waals surface area contributed by atoms with Gasteiger partial charge in [-0.25, -0.2) is 0 Å². The fraction of sp³-hybridized carbons (Fsp3) is 0.500. The number of rotatable bonds is 8. The van der Waals surface area contributed by atoms with Crippen LogP contribution in [0.4, 0.5) is 0 Å². The van der Waals surface area contributed by atoms with Crippen molar-refractivity contribution in [2.24, 2.45) is 0 Å². The normalized spacial score (nSPS) is 9.95. The Kier molecular flexibility index (Phi) is 8.48. The average Bonchev–Trinajstić information content (AvgIpc) is 2.45. The summed E-state index contributed by atoms with van der Waals surface area (Å²) in [5, 5.41) is 8.69. The van der Waals surface area contributed by atoms with Crippen LogP contribution in [0.5, 0.6) is 5.75 Å². The molecule has 0 aromatic heterocycles. The van der Waals surface area contributed by atoms with Gasteiger partial charge in [-0.2, -0.15) is 0 Å². The molecule has 20 heavy (non-hydrogen) atoms. The Morgan fingerprint density at radius 2 is 1.95 bits per heavy atom. The van der Waals surface area contributed by atoms with Gasteiger partial charge >= 0.3 is 0 Å². The molecule has 1 aromatic carbocycles. The maximum atomic E-state index is 8.69. The molecule has 0 saturated heterocycles. The van der Waals surface area contributed by atoms with E-state index in [0.29, 0.717) is 32.8 Å². The third kappa shape index (κ3) is 6.58. The van der Waals surface area contributed by atoms with Gasteiger partial charge in [0.1, 0.15) is 12.4 Å². The van der Waals surface area contributed by atoms with Crippen LogP contribution in [-0.2, 0) is 9.47 Å². The molecule has 0 fully saturated rings. The maximum absolute atomic E-state index is 8.69. The molecule has 0 amide bonds. The second kappa shape index (κ2) is 10.3. The molecule has 4 nitrogen and oxygen atoms in total. The van der Waals surface area contributed by atoms with Crippen LogP contribution >= 0.6 is 0 Å². The average molecular weight is 278 g/mol. The van der Waals surface area contributed by atoms with Gasteiger partial charge in [0.05, 0.1) is 26.4 Å². The fourth-order valence-corrected chi connectivity index (χ4v) is 1.54. The van der Waals surface area contributed by atoms with Gasteiger partial charge in [-0.05, 0) is 30.7 Å². The first-order chi connectivity index (χ1) is 9.77. The largest absolute Gasteiger partial charge is 0.491 e. The van der Waals surface area contributed by atoms with E-state index in [4.69, 9.17) is 19.3 Å². The zero-order valence-electron chi connectivity index (χ0n) is 12.1. The number of aliphatic hydroxyl groups is 1. The summed E-state index contributed by atoms with van der Waals surface area (Å²) in [6.07, 6.45) is 0.497. The van der Waals surface area contributed by atoms with E-state index in [1.807, 2.05) is 25.1 Å². The van der Waals surface area contributed by atoms with Gasteiger partial charge in [-0.3, -0.25) is 0 Å². The molecule has 0 aliphatic heterocycles. The molecule has 0 aliphatic carbocycles. The number of aliphatic hydroxyl groups excluding tert-OH is 1. The van der Waals surface area contributed by atoms with Crippen LogP contribution in [0.1, 0.15) is 17.5 Å². The zero-order valence-corrected chi connectivity index (χ0v) is 12.1. The highest BCUT2D eigenvalue weighted by molar-refractivity contribution is 5.44. The van der Waals surface area contributed by atoms with Crippen molar-refractivity contribution >= 4 is 0 Å². The Balaban J connectivity index is 2.38. The summed E-state index contributed by atoms with van der Waals surface area (Å²) >= 11 is 0. The number of hydrogen-bond donors (Lipinski definition) is 1.